The lowest BCUT2D eigenvalue weighted by Gasteiger charge is -2.08. The number of nitrogens with zero attached hydrogens (tertiary/aromatic N) is 1. The number of carbonyl (C=O) groups is 1. The number of non-ortho nitro benzene ring substituents is 1. The Labute approximate surface area is 123 Å². The number of halogens is 2. The van der Waals surface area contributed by atoms with Crippen molar-refractivity contribution < 1.29 is 18.5 Å². The molecule has 0 aliphatic carbocycles. The highest BCUT2D eigenvalue weighted by molar-refractivity contribution is 5.93. The molecule has 0 aromatic heterocycles. The van der Waals surface area contributed by atoms with Crippen molar-refractivity contribution in [2.24, 2.45) is 0 Å². The lowest BCUT2D eigenvalue weighted by Crippen LogP contribution is -2.22. The van der Waals surface area contributed by atoms with E-state index in [0.717, 1.165) is 12.1 Å². The van der Waals surface area contributed by atoms with Crippen LogP contribution in [0.2, 0.25) is 0 Å². The molecule has 0 unspecified atom stereocenters. The van der Waals surface area contributed by atoms with Crippen LogP contribution >= 0.6 is 0 Å². The van der Waals surface area contributed by atoms with Crippen LogP contribution in [0.4, 0.5) is 25.8 Å². The molecule has 2 aromatic carbocycles. The summed E-state index contributed by atoms with van der Waals surface area (Å²) in [5.74, 6) is -2.20. The van der Waals surface area contributed by atoms with Gasteiger partial charge >= 0.3 is 0 Å². The molecule has 0 atom stereocenters. The number of nitrogens with one attached hydrogen (secondary N) is 2. The van der Waals surface area contributed by atoms with Gasteiger partial charge in [0, 0.05) is 23.9 Å². The van der Waals surface area contributed by atoms with E-state index >= 15 is 0 Å². The van der Waals surface area contributed by atoms with Gasteiger partial charge in [0.25, 0.3) is 5.69 Å². The maximum Gasteiger partial charge on any atom is 0.271 e. The number of benzene rings is 2. The Hall–Kier alpha value is -3.03. The van der Waals surface area contributed by atoms with Gasteiger partial charge in [-0.1, -0.05) is 6.07 Å². The maximum absolute atomic E-state index is 13.4. The molecule has 8 heteroatoms. The van der Waals surface area contributed by atoms with E-state index in [1.807, 2.05) is 0 Å². The average molecular weight is 307 g/mol. The molecule has 0 aliphatic rings. The molecule has 1 amide bonds. The number of rotatable bonds is 5. The molecule has 2 rings (SSSR count). The number of anilines is 2. The molecule has 22 heavy (non-hydrogen) atoms. The Balaban J connectivity index is 1.95. The average Bonchev–Trinajstić information content (AvgIpc) is 2.48. The summed E-state index contributed by atoms with van der Waals surface area (Å²) in [5, 5.41) is 15.6. The predicted molar refractivity (Wildman–Crippen MR) is 76.6 cm³/mol. The van der Waals surface area contributed by atoms with Crippen LogP contribution in [0.5, 0.6) is 0 Å². The van der Waals surface area contributed by atoms with Gasteiger partial charge in [0.05, 0.1) is 17.2 Å². The Morgan fingerprint density at radius 3 is 2.64 bits per heavy atom. The van der Waals surface area contributed by atoms with Gasteiger partial charge in [0.2, 0.25) is 5.91 Å². The van der Waals surface area contributed by atoms with E-state index in [9.17, 15) is 23.7 Å². The molecule has 2 N–H and O–H groups in total. The Kier molecular flexibility index (Phi) is 4.62. The quantitative estimate of drug-likeness (QED) is 0.657. The monoisotopic (exact) mass is 307 g/mol. The second kappa shape index (κ2) is 6.61. The van der Waals surface area contributed by atoms with E-state index in [-0.39, 0.29) is 17.9 Å². The molecule has 2 aromatic rings. The smallest absolute Gasteiger partial charge is 0.271 e. The third kappa shape index (κ3) is 3.98. The summed E-state index contributed by atoms with van der Waals surface area (Å²) in [6, 6.07) is 8.40. The van der Waals surface area contributed by atoms with Crippen LogP contribution in [0.15, 0.2) is 42.5 Å². The molecular weight excluding hydrogens is 296 g/mol. The van der Waals surface area contributed by atoms with Crippen molar-refractivity contribution in [2.45, 2.75) is 0 Å². The van der Waals surface area contributed by atoms with Crippen molar-refractivity contribution in [3.63, 3.8) is 0 Å². The van der Waals surface area contributed by atoms with Crippen LogP contribution in [-0.2, 0) is 4.79 Å². The van der Waals surface area contributed by atoms with Crippen molar-refractivity contribution in [3.8, 4) is 0 Å². The van der Waals surface area contributed by atoms with Gasteiger partial charge in [0.1, 0.15) is 11.6 Å². The highest BCUT2D eigenvalue weighted by atomic mass is 19.1. The first-order valence-electron chi connectivity index (χ1n) is 6.19. The summed E-state index contributed by atoms with van der Waals surface area (Å²) in [5.41, 5.74) is 0.117. The molecule has 0 saturated carbocycles. The summed E-state index contributed by atoms with van der Waals surface area (Å²) in [7, 11) is 0. The number of amides is 1. The minimum Gasteiger partial charge on any atom is -0.376 e. The number of nitro benzene ring substituents is 1. The molecule has 114 valence electrons. The second-order valence-corrected chi connectivity index (χ2v) is 4.33. The molecule has 0 fully saturated rings. The van der Waals surface area contributed by atoms with E-state index in [0.29, 0.717) is 11.8 Å². The lowest BCUT2D eigenvalue weighted by molar-refractivity contribution is -0.384. The van der Waals surface area contributed by atoms with Crippen molar-refractivity contribution in [2.75, 3.05) is 17.2 Å². The Morgan fingerprint density at radius 1 is 1.18 bits per heavy atom. The summed E-state index contributed by atoms with van der Waals surface area (Å²) in [6.07, 6.45) is 0. The van der Waals surface area contributed by atoms with Gasteiger partial charge in [0.15, 0.2) is 0 Å². The SMILES string of the molecule is O=C(CNc1cccc([N+](=O)[O-])c1)Nc1ccc(F)cc1F. The van der Waals surface area contributed by atoms with E-state index in [1.54, 1.807) is 6.07 Å². The van der Waals surface area contributed by atoms with Crippen LogP contribution in [-0.4, -0.2) is 17.4 Å². The van der Waals surface area contributed by atoms with E-state index < -0.39 is 22.5 Å². The van der Waals surface area contributed by atoms with Gasteiger partial charge in [-0.05, 0) is 18.2 Å². The fraction of sp³-hybridized carbons (Fsp3) is 0.0714. The topological polar surface area (TPSA) is 84.3 Å². The standard InChI is InChI=1S/C14H11F2N3O3/c15-9-4-5-13(12(16)6-9)18-14(20)8-17-10-2-1-3-11(7-10)19(21)22/h1-7,17H,8H2,(H,18,20). The highest BCUT2D eigenvalue weighted by Gasteiger charge is 2.09. The molecule has 0 bridgehead atoms. The fourth-order valence-electron chi connectivity index (χ4n) is 1.70. The first-order valence-corrected chi connectivity index (χ1v) is 6.19. The number of hydrogen-bond acceptors (Lipinski definition) is 4. The van der Waals surface area contributed by atoms with Gasteiger partial charge in [-0.25, -0.2) is 8.78 Å². The first kappa shape index (κ1) is 15.4. The summed E-state index contributed by atoms with van der Waals surface area (Å²) in [6.45, 7) is -0.224. The second-order valence-electron chi connectivity index (χ2n) is 4.33. The summed E-state index contributed by atoms with van der Waals surface area (Å²) >= 11 is 0. The molecule has 0 heterocycles. The predicted octanol–water partition coefficient (Wildman–Crippen LogP) is 2.92. The molecule has 0 saturated heterocycles. The molecule has 0 radical (unpaired) electrons. The first-order chi connectivity index (χ1) is 10.5. The number of hydrogen-bond donors (Lipinski definition) is 2. The van der Waals surface area contributed by atoms with Gasteiger partial charge < -0.3 is 10.6 Å². The molecular formula is C14H11F2N3O3. The van der Waals surface area contributed by atoms with Crippen LogP contribution < -0.4 is 10.6 Å². The van der Waals surface area contributed by atoms with E-state index in [2.05, 4.69) is 10.6 Å². The molecule has 0 aliphatic heterocycles. The number of nitro groups is 1. The fourth-order valence-corrected chi connectivity index (χ4v) is 1.70. The summed E-state index contributed by atoms with van der Waals surface area (Å²) in [4.78, 5) is 21.7. The zero-order valence-corrected chi connectivity index (χ0v) is 11.2. The Morgan fingerprint density at radius 2 is 1.95 bits per heavy atom. The molecule has 0 spiro atoms. The van der Waals surface area contributed by atoms with Gasteiger partial charge in [-0.2, -0.15) is 0 Å². The van der Waals surface area contributed by atoms with Crippen molar-refractivity contribution in [1.29, 1.82) is 0 Å². The minimum absolute atomic E-state index is 0.116. The largest absolute Gasteiger partial charge is 0.376 e. The van der Waals surface area contributed by atoms with Crippen LogP contribution in [0.1, 0.15) is 0 Å². The zero-order valence-electron chi connectivity index (χ0n) is 11.2. The highest BCUT2D eigenvalue weighted by Crippen LogP contribution is 2.17. The normalized spacial score (nSPS) is 10.1. The lowest BCUT2D eigenvalue weighted by atomic mass is 10.2. The van der Waals surface area contributed by atoms with Crippen LogP contribution in [0.25, 0.3) is 0 Å². The molecule has 6 nitrogen and oxygen atoms in total. The van der Waals surface area contributed by atoms with Crippen LogP contribution in [0.3, 0.4) is 0 Å². The van der Waals surface area contributed by atoms with Crippen molar-refractivity contribution in [1.82, 2.24) is 0 Å². The van der Waals surface area contributed by atoms with Crippen LogP contribution in [0, 0.1) is 21.7 Å². The van der Waals surface area contributed by atoms with Gasteiger partial charge in [-0.3, -0.25) is 14.9 Å². The van der Waals surface area contributed by atoms with Crippen molar-refractivity contribution >= 4 is 23.0 Å². The third-order valence-electron chi connectivity index (χ3n) is 2.72. The van der Waals surface area contributed by atoms with E-state index in [4.69, 9.17) is 0 Å². The zero-order chi connectivity index (χ0) is 16.1. The maximum atomic E-state index is 13.4. The van der Waals surface area contributed by atoms with Gasteiger partial charge in [-0.15, -0.1) is 0 Å². The Bertz CT molecular complexity index is 722. The summed E-state index contributed by atoms with van der Waals surface area (Å²) < 4.78 is 26.1. The number of carbonyl (C=O) groups excluding carboxylic acids is 1. The van der Waals surface area contributed by atoms with E-state index in [1.165, 1.54) is 18.2 Å². The van der Waals surface area contributed by atoms with Crippen molar-refractivity contribution in [3.05, 3.63) is 64.2 Å². The third-order valence-corrected chi connectivity index (χ3v) is 2.72. The minimum atomic E-state index is -0.885.